The Hall–Kier alpha value is -8.04. The maximum absolute atomic E-state index is 14.0. The van der Waals surface area contributed by atoms with Gasteiger partial charge in [-0.05, 0) is 145 Å². The van der Waals surface area contributed by atoms with Crippen LogP contribution in [0.3, 0.4) is 0 Å². The molecular formula is C64H76N6O9. The van der Waals surface area contributed by atoms with Gasteiger partial charge in [-0.3, -0.25) is 43.7 Å². The van der Waals surface area contributed by atoms with E-state index in [2.05, 4.69) is 46.0 Å². The molecule has 416 valence electrons. The first kappa shape index (κ1) is 60.2. The van der Waals surface area contributed by atoms with Crippen molar-refractivity contribution < 1.29 is 43.3 Å². The minimum Gasteiger partial charge on any atom is -0.480 e. The molecule has 15 heteroatoms. The van der Waals surface area contributed by atoms with Gasteiger partial charge in [-0.1, -0.05) is 100 Å². The van der Waals surface area contributed by atoms with Crippen LogP contribution in [0.25, 0.3) is 22.3 Å². The van der Waals surface area contributed by atoms with E-state index in [1.807, 2.05) is 133 Å². The van der Waals surface area contributed by atoms with E-state index in [9.17, 15) is 33.9 Å². The monoisotopic (exact) mass is 1070 g/mol. The van der Waals surface area contributed by atoms with Crippen LogP contribution >= 0.6 is 0 Å². The molecule has 15 nitrogen and oxygen atoms in total. The van der Waals surface area contributed by atoms with Crippen molar-refractivity contribution in [1.82, 2.24) is 15.3 Å². The summed E-state index contributed by atoms with van der Waals surface area (Å²) < 4.78 is 9.62. The molecule has 0 bridgehead atoms. The normalized spacial score (nSPS) is 14.3. The number of carbonyl (C=O) groups is 6. The number of carbonyl (C=O) groups excluding carboxylic acids is 5. The van der Waals surface area contributed by atoms with Crippen LogP contribution in [0.5, 0.6) is 0 Å². The Balaban J connectivity index is 0.000000212. The van der Waals surface area contributed by atoms with Gasteiger partial charge in [0, 0.05) is 66.2 Å². The molecule has 8 rings (SSSR count). The number of hydrogen-bond donors (Lipinski definition) is 3. The largest absolute Gasteiger partial charge is 0.480 e. The van der Waals surface area contributed by atoms with Crippen molar-refractivity contribution in [2.45, 2.75) is 131 Å². The Kier molecular flexibility index (Phi) is 21.4. The molecule has 0 aliphatic carbocycles. The number of carboxylic acids is 1. The third kappa shape index (κ3) is 15.6. The molecule has 2 aliphatic heterocycles. The third-order valence-electron chi connectivity index (χ3n) is 14.3. The summed E-state index contributed by atoms with van der Waals surface area (Å²) in [5.74, 6) is -1.78. The quantitative estimate of drug-likeness (QED) is 0.0728. The van der Waals surface area contributed by atoms with E-state index in [-0.39, 0.29) is 48.4 Å². The van der Waals surface area contributed by atoms with E-state index in [0.717, 1.165) is 61.4 Å². The number of aromatic nitrogens is 2. The van der Waals surface area contributed by atoms with E-state index in [1.165, 1.54) is 30.2 Å². The molecule has 4 N–H and O–H groups in total. The summed E-state index contributed by atoms with van der Waals surface area (Å²) in [5, 5.41) is 12.5. The number of nitrogens with two attached hydrogens (primary N) is 1. The Morgan fingerprint density at radius 2 is 1.00 bits per heavy atom. The van der Waals surface area contributed by atoms with Gasteiger partial charge in [0.1, 0.15) is 12.1 Å². The van der Waals surface area contributed by atoms with Crippen molar-refractivity contribution in [3.63, 3.8) is 0 Å². The first-order chi connectivity index (χ1) is 37.7. The maximum atomic E-state index is 14.0. The molecule has 79 heavy (non-hydrogen) atoms. The maximum Gasteiger partial charge on any atom is 0.326 e. The lowest BCUT2D eigenvalue weighted by molar-refractivity contribution is -0.142. The van der Waals surface area contributed by atoms with Crippen LogP contribution in [0.4, 0.5) is 11.4 Å². The zero-order chi connectivity index (χ0) is 57.5. The number of carboxylic acid groups (broad SMARTS) is 1. The number of amides is 3. The highest BCUT2D eigenvalue weighted by Crippen LogP contribution is 2.35. The van der Waals surface area contributed by atoms with Crippen LogP contribution in [-0.4, -0.2) is 77.0 Å². The van der Waals surface area contributed by atoms with Gasteiger partial charge in [0.2, 0.25) is 17.7 Å². The second-order valence-electron chi connectivity index (χ2n) is 21.2. The fraction of sp³-hybridized carbons (Fsp3) is 0.375. The Morgan fingerprint density at radius 1 is 0.582 bits per heavy atom. The lowest BCUT2D eigenvalue weighted by Gasteiger charge is -2.37. The van der Waals surface area contributed by atoms with E-state index < -0.39 is 36.1 Å². The van der Waals surface area contributed by atoms with Gasteiger partial charge < -0.3 is 25.6 Å². The number of pyridine rings is 2. The van der Waals surface area contributed by atoms with Gasteiger partial charge in [0.25, 0.3) is 0 Å². The predicted molar refractivity (Wildman–Crippen MR) is 308 cm³/mol. The highest BCUT2D eigenvalue weighted by Gasteiger charge is 2.37. The van der Waals surface area contributed by atoms with Crippen LogP contribution < -0.4 is 20.9 Å². The molecule has 0 saturated heterocycles. The molecule has 2 unspecified atom stereocenters. The Labute approximate surface area is 465 Å². The molecule has 0 fully saturated rings. The summed E-state index contributed by atoms with van der Waals surface area (Å²) >= 11 is 0. The average Bonchev–Trinajstić information content (AvgIpc) is 3.44. The number of hydrogen-bond acceptors (Lipinski definition) is 11. The molecule has 0 radical (unpaired) electrons. The van der Waals surface area contributed by atoms with Crippen LogP contribution in [0.2, 0.25) is 0 Å². The summed E-state index contributed by atoms with van der Waals surface area (Å²) in [6, 6.07) is 29.0. The SMILES string of the molecule is CC(C)CC(C(=O)O)N1C(=O)CCc2ccccc21.COC(=O)C[C@H](N)c1cncc(-c2c(C)cccc2C)c1.COC(=O)C[C@H](NC(=O)C(CC(C)C)N1C(=O)CCc2ccccc21)c1cncc(-c2c(C)cccc2C)c1. The molecule has 6 aromatic rings. The summed E-state index contributed by atoms with van der Waals surface area (Å²) in [5.41, 5.74) is 20.0. The fourth-order valence-corrected chi connectivity index (χ4v) is 10.4. The molecule has 2 aliphatic rings. The second kappa shape index (κ2) is 28.0. The predicted octanol–water partition coefficient (Wildman–Crippen LogP) is 10.9. The number of rotatable bonds is 17. The van der Waals surface area contributed by atoms with Crippen LogP contribution in [0.1, 0.15) is 123 Å². The van der Waals surface area contributed by atoms with Crippen molar-refractivity contribution in [3.8, 4) is 22.3 Å². The smallest absolute Gasteiger partial charge is 0.326 e. The number of ether oxygens (including phenoxy) is 2. The molecule has 4 aromatic carbocycles. The lowest BCUT2D eigenvalue weighted by atomic mass is 9.93. The second-order valence-corrected chi connectivity index (χ2v) is 21.2. The van der Waals surface area contributed by atoms with Gasteiger partial charge in [-0.15, -0.1) is 0 Å². The van der Waals surface area contributed by atoms with Gasteiger partial charge in [-0.25, -0.2) is 4.79 Å². The number of aliphatic carboxylic acids is 1. The third-order valence-corrected chi connectivity index (χ3v) is 14.3. The number of esters is 2. The molecule has 2 aromatic heterocycles. The zero-order valence-corrected chi connectivity index (χ0v) is 47.2. The standard InChI is InChI=1S/C32H37N3O4.C17H20N2O2.C15H19NO3/c1-20(2)15-28(35-27-12-7-6-11-23(27)13-14-29(35)36)32(38)34-26(17-30(37)39-5)24-16-25(19-33-18-24)31-21(3)9-8-10-22(31)4;1-11-5-4-6-12(2)17(11)14-7-13(9-19-10-14)15(18)8-16(20)21-3;1-10(2)9-13(15(18)19)16-12-6-4-3-5-11(12)7-8-14(16)17/h6-12,16,18-20,26,28H,13-15,17H2,1-5H3,(H,34,38);4-7,9-10,15H,8,18H2,1-3H3;3-6,10,13H,7-9H2,1-2H3,(H,18,19)/t26-,28?;15-;/m00./s1. The first-order valence-electron chi connectivity index (χ1n) is 27.0. The molecule has 4 heterocycles. The van der Waals surface area contributed by atoms with E-state index >= 15 is 0 Å². The molecule has 4 atom stereocenters. The van der Waals surface area contributed by atoms with Crippen molar-refractivity contribution in [1.29, 1.82) is 0 Å². The minimum absolute atomic E-state index is 0.0565. The Morgan fingerprint density at radius 3 is 1.46 bits per heavy atom. The molecule has 3 amide bonds. The number of fused-ring (bicyclic) bond motifs is 2. The molecule has 0 spiro atoms. The number of nitrogens with zero attached hydrogens (tertiary/aromatic N) is 4. The van der Waals surface area contributed by atoms with E-state index in [0.29, 0.717) is 44.1 Å². The van der Waals surface area contributed by atoms with E-state index in [4.69, 9.17) is 10.5 Å². The minimum atomic E-state index is -0.932. The van der Waals surface area contributed by atoms with Crippen molar-refractivity contribution in [2.75, 3.05) is 24.0 Å². The number of para-hydroxylation sites is 2. The van der Waals surface area contributed by atoms with Crippen molar-refractivity contribution >= 4 is 47.0 Å². The zero-order valence-electron chi connectivity index (χ0n) is 47.2. The highest BCUT2D eigenvalue weighted by atomic mass is 16.5. The highest BCUT2D eigenvalue weighted by molar-refractivity contribution is 6.03. The van der Waals surface area contributed by atoms with Gasteiger partial charge >= 0.3 is 17.9 Å². The van der Waals surface area contributed by atoms with E-state index in [1.54, 1.807) is 23.5 Å². The summed E-state index contributed by atoms with van der Waals surface area (Å²) in [4.78, 5) is 86.4. The van der Waals surface area contributed by atoms with Crippen LogP contribution in [-0.2, 0) is 51.1 Å². The summed E-state index contributed by atoms with van der Waals surface area (Å²) in [6.45, 7) is 16.2. The Bertz CT molecular complexity index is 3100. The molecule has 0 saturated carbocycles. The van der Waals surface area contributed by atoms with Crippen molar-refractivity contribution in [2.24, 2.45) is 17.6 Å². The topological polar surface area (TPSA) is 211 Å². The van der Waals surface area contributed by atoms with Gasteiger partial charge in [-0.2, -0.15) is 0 Å². The van der Waals surface area contributed by atoms with Gasteiger partial charge in [0.15, 0.2) is 0 Å². The van der Waals surface area contributed by atoms with Crippen LogP contribution in [0, 0.1) is 39.5 Å². The number of anilines is 2. The molecular weight excluding hydrogens is 997 g/mol. The number of methoxy groups -OCH3 is 2. The van der Waals surface area contributed by atoms with Crippen LogP contribution in [0.15, 0.2) is 122 Å². The first-order valence-corrected chi connectivity index (χ1v) is 27.0. The average molecular weight is 1070 g/mol. The number of nitrogens with one attached hydrogen (secondary N) is 1. The number of aryl methyl sites for hydroxylation is 6. The summed E-state index contributed by atoms with van der Waals surface area (Å²) in [7, 11) is 2.69. The van der Waals surface area contributed by atoms with Gasteiger partial charge in [0.05, 0.1) is 33.1 Å². The fourth-order valence-electron chi connectivity index (χ4n) is 10.4. The lowest BCUT2D eigenvalue weighted by Crippen LogP contribution is -2.52. The summed E-state index contributed by atoms with van der Waals surface area (Å²) in [6.07, 6.45) is 10.1. The van der Waals surface area contributed by atoms with Crippen molar-refractivity contribution in [3.05, 3.63) is 166 Å². The number of benzene rings is 4.